The monoisotopic (exact) mass is 273 g/mol. The molecule has 1 amide bonds. The van der Waals surface area contributed by atoms with Gasteiger partial charge in [-0.3, -0.25) is 9.78 Å². The molecule has 4 nitrogen and oxygen atoms in total. The molecule has 3 rings (SSSR count). The molecule has 0 saturated carbocycles. The van der Waals surface area contributed by atoms with Crippen LogP contribution in [-0.2, 0) is 0 Å². The van der Waals surface area contributed by atoms with Crippen LogP contribution in [0, 0.1) is 6.92 Å². The SMILES string of the molecule is Cc1cnc(C(=O)N2CCCC2c2ccsc2)cn1. The average molecular weight is 273 g/mol. The van der Waals surface area contributed by atoms with E-state index in [0.29, 0.717) is 5.69 Å². The third kappa shape index (κ3) is 2.38. The van der Waals surface area contributed by atoms with Crippen LogP contribution in [0.3, 0.4) is 0 Å². The van der Waals surface area contributed by atoms with Crippen molar-refractivity contribution in [3.05, 3.63) is 46.2 Å². The quantitative estimate of drug-likeness (QED) is 0.845. The zero-order valence-electron chi connectivity index (χ0n) is 10.7. The first kappa shape index (κ1) is 12.3. The first-order valence-corrected chi connectivity index (χ1v) is 7.31. The number of hydrogen-bond donors (Lipinski definition) is 0. The lowest BCUT2D eigenvalue weighted by Crippen LogP contribution is -2.31. The molecule has 1 fully saturated rings. The highest BCUT2D eigenvalue weighted by Crippen LogP contribution is 2.33. The standard InChI is InChI=1S/C14H15N3OS/c1-10-7-16-12(8-15-10)14(18)17-5-2-3-13(17)11-4-6-19-9-11/h4,6-9,13H,2-3,5H2,1H3. The minimum atomic E-state index is -0.0128. The zero-order valence-corrected chi connectivity index (χ0v) is 11.6. The van der Waals surface area contributed by atoms with Crippen LogP contribution in [-0.4, -0.2) is 27.3 Å². The van der Waals surface area contributed by atoms with Gasteiger partial charge >= 0.3 is 0 Å². The summed E-state index contributed by atoms with van der Waals surface area (Å²) in [7, 11) is 0. The lowest BCUT2D eigenvalue weighted by molar-refractivity contribution is 0.0729. The fourth-order valence-electron chi connectivity index (χ4n) is 2.47. The summed E-state index contributed by atoms with van der Waals surface area (Å²) in [6.45, 7) is 2.67. The van der Waals surface area contributed by atoms with Gasteiger partial charge in [-0.15, -0.1) is 0 Å². The van der Waals surface area contributed by atoms with Crippen molar-refractivity contribution < 1.29 is 4.79 Å². The van der Waals surface area contributed by atoms with Gasteiger partial charge in [0.15, 0.2) is 0 Å². The largest absolute Gasteiger partial charge is 0.330 e. The van der Waals surface area contributed by atoms with Gasteiger partial charge < -0.3 is 4.90 Å². The smallest absolute Gasteiger partial charge is 0.274 e. The van der Waals surface area contributed by atoms with Gasteiger partial charge in [-0.1, -0.05) is 0 Å². The van der Waals surface area contributed by atoms with Crippen molar-refractivity contribution in [1.82, 2.24) is 14.9 Å². The third-order valence-corrected chi connectivity index (χ3v) is 4.14. The van der Waals surface area contributed by atoms with Gasteiger partial charge in [0.2, 0.25) is 0 Å². The first-order chi connectivity index (χ1) is 9.25. The third-order valence-electron chi connectivity index (χ3n) is 3.44. The lowest BCUT2D eigenvalue weighted by Gasteiger charge is -2.23. The summed E-state index contributed by atoms with van der Waals surface area (Å²) >= 11 is 1.67. The van der Waals surface area contributed by atoms with Crippen LogP contribution >= 0.6 is 11.3 Å². The molecular formula is C14H15N3OS. The molecule has 0 aliphatic carbocycles. The Balaban J connectivity index is 1.84. The second-order valence-electron chi connectivity index (χ2n) is 4.76. The molecule has 5 heteroatoms. The Hall–Kier alpha value is -1.75. The molecule has 1 unspecified atom stereocenters. The summed E-state index contributed by atoms with van der Waals surface area (Å²) in [4.78, 5) is 22.7. The maximum atomic E-state index is 12.5. The molecular weight excluding hydrogens is 258 g/mol. The summed E-state index contributed by atoms with van der Waals surface area (Å²) < 4.78 is 0. The molecule has 1 aliphatic heterocycles. The molecule has 0 spiro atoms. The molecule has 2 aromatic heterocycles. The minimum absolute atomic E-state index is 0.0128. The highest BCUT2D eigenvalue weighted by molar-refractivity contribution is 7.07. The van der Waals surface area contributed by atoms with Crippen LogP contribution in [0.4, 0.5) is 0 Å². The second-order valence-corrected chi connectivity index (χ2v) is 5.54. The van der Waals surface area contributed by atoms with Crippen LogP contribution in [0.25, 0.3) is 0 Å². The van der Waals surface area contributed by atoms with Crippen molar-refractivity contribution >= 4 is 17.2 Å². The Morgan fingerprint density at radius 1 is 1.42 bits per heavy atom. The number of rotatable bonds is 2. The Bertz CT molecular complexity index is 565. The van der Waals surface area contributed by atoms with E-state index >= 15 is 0 Å². The second kappa shape index (κ2) is 5.09. The van der Waals surface area contributed by atoms with E-state index in [4.69, 9.17) is 0 Å². The van der Waals surface area contributed by atoms with E-state index in [1.54, 1.807) is 23.7 Å². The number of amides is 1. The lowest BCUT2D eigenvalue weighted by atomic mass is 10.1. The number of aryl methyl sites for hydroxylation is 1. The van der Waals surface area contributed by atoms with Crippen LogP contribution in [0.2, 0.25) is 0 Å². The van der Waals surface area contributed by atoms with Gasteiger partial charge in [0.1, 0.15) is 5.69 Å². The van der Waals surface area contributed by atoms with Gasteiger partial charge in [0.25, 0.3) is 5.91 Å². The van der Waals surface area contributed by atoms with Crippen molar-refractivity contribution in [3.8, 4) is 0 Å². The molecule has 98 valence electrons. The molecule has 3 heterocycles. The summed E-state index contributed by atoms with van der Waals surface area (Å²) in [5.41, 5.74) is 2.50. The van der Waals surface area contributed by atoms with E-state index in [1.807, 2.05) is 11.8 Å². The first-order valence-electron chi connectivity index (χ1n) is 6.37. The number of carbonyl (C=O) groups is 1. The molecule has 0 bridgehead atoms. The highest BCUT2D eigenvalue weighted by atomic mass is 32.1. The predicted octanol–water partition coefficient (Wildman–Crippen LogP) is 2.82. The summed E-state index contributed by atoms with van der Waals surface area (Å²) in [6.07, 6.45) is 5.29. The summed E-state index contributed by atoms with van der Waals surface area (Å²) in [5.74, 6) is -0.0128. The average Bonchev–Trinajstić information content (AvgIpc) is 3.09. The number of nitrogens with zero attached hydrogens (tertiary/aromatic N) is 3. The number of carbonyl (C=O) groups excluding carboxylic acids is 1. The molecule has 19 heavy (non-hydrogen) atoms. The minimum Gasteiger partial charge on any atom is -0.330 e. The summed E-state index contributed by atoms with van der Waals surface area (Å²) in [5, 5.41) is 4.18. The molecule has 1 atom stereocenters. The van der Waals surface area contributed by atoms with Crippen molar-refractivity contribution in [2.75, 3.05) is 6.54 Å². The summed E-state index contributed by atoms with van der Waals surface area (Å²) in [6, 6.07) is 2.30. The molecule has 2 aromatic rings. The zero-order chi connectivity index (χ0) is 13.2. The number of likely N-dealkylation sites (tertiary alicyclic amines) is 1. The molecule has 1 aliphatic rings. The maximum Gasteiger partial charge on any atom is 0.274 e. The van der Waals surface area contributed by atoms with Crippen LogP contribution in [0.15, 0.2) is 29.2 Å². The van der Waals surface area contributed by atoms with Gasteiger partial charge in [0, 0.05) is 12.7 Å². The van der Waals surface area contributed by atoms with E-state index in [9.17, 15) is 4.79 Å². The van der Waals surface area contributed by atoms with Crippen molar-refractivity contribution in [3.63, 3.8) is 0 Å². The Kier molecular flexibility index (Phi) is 3.29. The van der Waals surface area contributed by atoms with E-state index < -0.39 is 0 Å². The normalized spacial score (nSPS) is 18.8. The molecule has 0 N–H and O–H groups in total. The van der Waals surface area contributed by atoms with Gasteiger partial charge in [-0.2, -0.15) is 11.3 Å². The molecule has 0 radical (unpaired) electrons. The van der Waals surface area contributed by atoms with Gasteiger partial charge in [0.05, 0.1) is 17.9 Å². The number of thiophene rings is 1. The fourth-order valence-corrected chi connectivity index (χ4v) is 3.18. The van der Waals surface area contributed by atoms with Crippen molar-refractivity contribution in [2.45, 2.75) is 25.8 Å². The maximum absolute atomic E-state index is 12.5. The van der Waals surface area contributed by atoms with E-state index in [1.165, 1.54) is 5.56 Å². The Morgan fingerprint density at radius 3 is 3.00 bits per heavy atom. The fraction of sp³-hybridized carbons (Fsp3) is 0.357. The van der Waals surface area contributed by atoms with Crippen molar-refractivity contribution in [2.24, 2.45) is 0 Å². The van der Waals surface area contributed by atoms with Gasteiger partial charge in [-0.05, 0) is 42.2 Å². The van der Waals surface area contributed by atoms with Crippen LogP contribution in [0.1, 0.15) is 40.6 Å². The molecule has 1 saturated heterocycles. The Labute approximate surface area is 116 Å². The number of aromatic nitrogens is 2. The van der Waals surface area contributed by atoms with Crippen LogP contribution < -0.4 is 0 Å². The van der Waals surface area contributed by atoms with E-state index in [-0.39, 0.29) is 11.9 Å². The van der Waals surface area contributed by atoms with Crippen molar-refractivity contribution in [1.29, 1.82) is 0 Å². The Morgan fingerprint density at radius 2 is 2.32 bits per heavy atom. The highest BCUT2D eigenvalue weighted by Gasteiger charge is 2.31. The van der Waals surface area contributed by atoms with E-state index in [2.05, 4.69) is 26.8 Å². The predicted molar refractivity (Wildman–Crippen MR) is 74.1 cm³/mol. The molecule has 0 aromatic carbocycles. The van der Waals surface area contributed by atoms with Crippen LogP contribution in [0.5, 0.6) is 0 Å². The van der Waals surface area contributed by atoms with E-state index in [0.717, 1.165) is 25.1 Å². The number of hydrogen-bond acceptors (Lipinski definition) is 4. The topological polar surface area (TPSA) is 46.1 Å². The van der Waals surface area contributed by atoms with Gasteiger partial charge in [-0.25, -0.2) is 4.98 Å².